The molecule has 2 N–H and O–H groups in total. The van der Waals surface area contributed by atoms with E-state index < -0.39 is 5.97 Å². The first kappa shape index (κ1) is 18.5. The smallest absolute Gasteiger partial charge is 0.356 e. The Morgan fingerprint density at radius 1 is 1.17 bits per heavy atom. The summed E-state index contributed by atoms with van der Waals surface area (Å²) >= 11 is 0. The molecule has 3 aromatic heterocycles. The topological polar surface area (TPSA) is 122 Å². The number of aromatic carboxylic acids is 1. The summed E-state index contributed by atoms with van der Waals surface area (Å²) < 4.78 is 1.73. The van der Waals surface area contributed by atoms with Gasteiger partial charge in [0.05, 0.1) is 12.2 Å². The van der Waals surface area contributed by atoms with E-state index >= 15 is 0 Å². The summed E-state index contributed by atoms with van der Waals surface area (Å²) in [4.78, 5) is 15.8. The summed E-state index contributed by atoms with van der Waals surface area (Å²) in [7, 11) is 0. The molecule has 9 heteroatoms. The number of rotatable bonds is 7. The Labute approximate surface area is 166 Å². The number of aromatic nitrogens is 7. The lowest BCUT2D eigenvalue weighted by Crippen LogP contribution is -2.08. The highest BCUT2D eigenvalue weighted by Gasteiger charge is 2.14. The first-order chi connectivity index (χ1) is 14.2. The molecule has 4 aromatic rings. The Hall–Kier alpha value is -3.88. The fourth-order valence-corrected chi connectivity index (χ4v) is 3.18. The SMILES string of the molecule is CCCc1cc(C(=O)O)nn1Cc1ccc(-c2ccccc2-c2nn[nH]n2)nc1. The Kier molecular flexibility index (Phi) is 5.10. The fourth-order valence-electron chi connectivity index (χ4n) is 3.18. The van der Waals surface area contributed by atoms with E-state index in [-0.39, 0.29) is 5.69 Å². The Morgan fingerprint density at radius 2 is 2.00 bits per heavy atom. The van der Waals surface area contributed by atoms with Crippen LogP contribution in [0, 0.1) is 0 Å². The molecule has 0 aliphatic carbocycles. The zero-order valence-electron chi connectivity index (χ0n) is 15.8. The van der Waals surface area contributed by atoms with Crippen molar-refractivity contribution in [1.29, 1.82) is 0 Å². The minimum atomic E-state index is -1.02. The van der Waals surface area contributed by atoms with Crippen molar-refractivity contribution in [1.82, 2.24) is 35.4 Å². The molecule has 0 saturated carbocycles. The summed E-state index contributed by atoms with van der Waals surface area (Å²) in [6.45, 7) is 2.51. The van der Waals surface area contributed by atoms with E-state index in [0.29, 0.717) is 12.4 Å². The van der Waals surface area contributed by atoms with Crippen LogP contribution in [0.2, 0.25) is 0 Å². The maximum absolute atomic E-state index is 11.2. The van der Waals surface area contributed by atoms with Gasteiger partial charge in [-0.3, -0.25) is 9.67 Å². The standard InChI is InChI=1S/C20H19N7O2/c1-2-5-14-10-18(20(28)29)24-27(14)12-13-8-9-17(21-11-13)15-6-3-4-7-16(15)19-22-25-26-23-19/h3-4,6-11H,2,5,12H2,1H3,(H,28,29)(H,22,23,25,26). The molecule has 29 heavy (non-hydrogen) atoms. The molecule has 0 saturated heterocycles. The van der Waals surface area contributed by atoms with Crippen molar-refractivity contribution < 1.29 is 9.90 Å². The lowest BCUT2D eigenvalue weighted by molar-refractivity contribution is 0.0689. The van der Waals surface area contributed by atoms with Crippen LogP contribution in [0.1, 0.15) is 35.1 Å². The molecule has 0 bridgehead atoms. The van der Waals surface area contributed by atoms with Gasteiger partial charge >= 0.3 is 5.97 Å². The first-order valence-electron chi connectivity index (χ1n) is 9.24. The molecule has 1 aromatic carbocycles. The highest BCUT2D eigenvalue weighted by atomic mass is 16.4. The summed E-state index contributed by atoms with van der Waals surface area (Å²) in [6, 6.07) is 13.3. The zero-order chi connectivity index (χ0) is 20.2. The number of tetrazole rings is 1. The van der Waals surface area contributed by atoms with Crippen LogP contribution < -0.4 is 0 Å². The second-order valence-electron chi connectivity index (χ2n) is 6.57. The fraction of sp³-hybridized carbons (Fsp3) is 0.200. The van der Waals surface area contributed by atoms with Gasteiger partial charge in [0, 0.05) is 23.0 Å². The summed E-state index contributed by atoms with van der Waals surface area (Å²) in [5.41, 5.74) is 4.42. The predicted molar refractivity (Wildman–Crippen MR) is 105 cm³/mol. The van der Waals surface area contributed by atoms with Gasteiger partial charge in [-0.25, -0.2) is 4.79 Å². The number of nitrogens with zero attached hydrogens (tertiary/aromatic N) is 6. The monoisotopic (exact) mass is 389 g/mol. The van der Waals surface area contributed by atoms with E-state index in [2.05, 4.69) is 37.6 Å². The predicted octanol–water partition coefficient (Wildman–Crippen LogP) is 2.82. The lowest BCUT2D eigenvalue weighted by atomic mass is 10.0. The van der Waals surface area contributed by atoms with E-state index in [9.17, 15) is 9.90 Å². The number of hydrogen-bond donors (Lipinski definition) is 2. The molecular formula is C20H19N7O2. The van der Waals surface area contributed by atoms with E-state index in [1.165, 1.54) is 0 Å². The molecule has 0 aliphatic heterocycles. The second-order valence-corrected chi connectivity index (χ2v) is 6.57. The number of carbonyl (C=O) groups is 1. The summed E-state index contributed by atoms with van der Waals surface area (Å²) in [5, 5.41) is 27.6. The highest BCUT2D eigenvalue weighted by molar-refractivity contribution is 5.85. The minimum absolute atomic E-state index is 0.0621. The molecule has 0 aliphatic rings. The lowest BCUT2D eigenvalue weighted by Gasteiger charge is -2.09. The van der Waals surface area contributed by atoms with Gasteiger partial charge in [-0.05, 0) is 29.3 Å². The van der Waals surface area contributed by atoms with Crippen LogP contribution in [0.25, 0.3) is 22.6 Å². The normalized spacial score (nSPS) is 10.9. The van der Waals surface area contributed by atoms with Gasteiger partial charge in [-0.2, -0.15) is 10.3 Å². The Balaban J connectivity index is 1.61. The van der Waals surface area contributed by atoms with Gasteiger partial charge in [0.25, 0.3) is 0 Å². The van der Waals surface area contributed by atoms with Crippen LogP contribution in [0.5, 0.6) is 0 Å². The third kappa shape index (κ3) is 3.88. The molecular weight excluding hydrogens is 370 g/mol. The Bertz CT molecular complexity index is 1120. The molecule has 0 atom stereocenters. The number of aryl methyl sites for hydroxylation is 1. The first-order valence-corrected chi connectivity index (χ1v) is 9.24. The third-order valence-electron chi connectivity index (χ3n) is 4.53. The van der Waals surface area contributed by atoms with Crippen molar-refractivity contribution in [2.75, 3.05) is 0 Å². The van der Waals surface area contributed by atoms with Crippen molar-refractivity contribution in [3.63, 3.8) is 0 Å². The molecule has 0 radical (unpaired) electrons. The van der Waals surface area contributed by atoms with Crippen LogP contribution in [0.15, 0.2) is 48.7 Å². The van der Waals surface area contributed by atoms with E-state index in [1.807, 2.05) is 36.4 Å². The maximum atomic E-state index is 11.2. The van der Waals surface area contributed by atoms with Crippen molar-refractivity contribution in [3.05, 3.63) is 65.6 Å². The maximum Gasteiger partial charge on any atom is 0.356 e. The van der Waals surface area contributed by atoms with Gasteiger partial charge in [0.2, 0.25) is 5.82 Å². The van der Waals surface area contributed by atoms with Crippen LogP contribution in [-0.4, -0.2) is 46.5 Å². The van der Waals surface area contributed by atoms with E-state index in [0.717, 1.165) is 40.9 Å². The number of H-pyrrole nitrogens is 1. The molecule has 0 amide bonds. The molecule has 4 rings (SSSR count). The van der Waals surface area contributed by atoms with Crippen LogP contribution >= 0.6 is 0 Å². The minimum Gasteiger partial charge on any atom is -0.476 e. The second kappa shape index (κ2) is 8.01. The average molecular weight is 389 g/mol. The van der Waals surface area contributed by atoms with Gasteiger partial charge in [-0.1, -0.05) is 43.7 Å². The van der Waals surface area contributed by atoms with E-state index in [4.69, 9.17) is 0 Å². The largest absolute Gasteiger partial charge is 0.476 e. The average Bonchev–Trinajstić information content (AvgIpc) is 3.40. The molecule has 0 fully saturated rings. The van der Waals surface area contributed by atoms with Crippen molar-refractivity contribution >= 4 is 5.97 Å². The van der Waals surface area contributed by atoms with Gasteiger partial charge < -0.3 is 5.11 Å². The summed E-state index contributed by atoms with van der Waals surface area (Å²) in [6.07, 6.45) is 3.46. The number of carboxylic acids is 1. The van der Waals surface area contributed by atoms with Crippen LogP contribution in [0.3, 0.4) is 0 Å². The molecule has 146 valence electrons. The number of carboxylic acid groups (broad SMARTS) is 1. The van der Waals surface area contributed by atoms with Crippen molar-refractivity contribution in [2.24, 2.45) is 0 Å². The van der Waals surface area contributed by atoms with E-state index in [1.54, 1.807) is 16.9 Å². The Morgan fingerprint density at radius 3 is 2.66 bits per heavy atom. The summed E-state index contributed by atoms with van der Waals surface area (Å²) in [5.74, 6) is -0.513. The molecule has 0 unspecified atom stereocenters. The van der Waals surface area contributed by atoms with Gasteiger partial charge in [-0.15, -0.1) is 10.2 Å². The van der Waals surface area contributed by atoms with Crippen molar-refractivity contribution in [2.45, 2.75) is 26.3 Å². The molecule has 9 nitrogen and oxygen atoms in total. The number of benzene rings is 1. The van der Waals surface area contributed by atoms with Gasteiger partial charge in [0.1, 0.15) is 0 Å². The third-order valence-corrected chi connectivity index (χ3v) is 4.53. The molecule has 3 heterocycles. The number of hydrogen-bond acceptors (Lipinski definition) is 6. The highest BCUT2D eigenvalue weighted by Crippen LogP contribution is 2.28. The zero-order valence-corrected chi connectivity index (χ0v) is 15.8. The van der Waals surface area contributed by atoms with Crippen LogP contribution in [-0.2, 0) is 13.0 Å². The van der Waals surface area contributed by atoms with Gasteiger partial charge in [0.15, 0.2) is 5.69 Å². The molecule has 0 spiro atoms. The number of aromatic amines is 1. The number of nitrogens with one attached hydrogen (secondary N) is 1. The van der Waals surface area contributed by atoms with Crippen molar-refractivity contribution in [3.8, 4) is 22.6 Å². The number of pyridine rings is 1. The quantitative estimate of drug-likeness (QED) is 0.498. The van der Waals surface area contributed by atoms with Crippen LogP contribution in [0.4, 0.5) is 0 Å².